The molecular weight excluding hydrogens is 475 g/mol. The number of piperidine rings is 1. The lowest BCUT2D eigenvalue weighted by Gasteiger charge is -2.33. The number of carbonyl (C=O) groups is 1. The van der Waals surface area contributed by atoms with Crippen LogP contribution in [-0.4, -0.2) is 68.8 Å². The molecule has 0 radical (unpaired) electrons. The number of hydrogen-bond donors (Lipinski definition) is 0. The third-order valence-electron chi connectivity index (χ3n) is 6.13. The van der Waals surface area contributed by atoms with Gasteiger partial charge in [0, 0.05) is 32.1 Å². The summed E-state index contributed by atoms with van der Waals surface area (Å²) in [5.74, 6) is -0.779. The molecule has 2 aromatic carbocycles. The summed E-state index contributed by atoms with van der Waals surface area (Å²) < 4.78 is 41.5. The Morgan fingerprint density at radius 2 is 1.79 bits per heavy atom. The van der Waals surface area contributed by atoms with Crippen molar-refractivity contribution >= 4 is 42.6 Å². The molecule has 7 nitrogen and oxygen atoms in total. The number of rotatable bonds is 7. The van der Waals surface area contributed by atoms with Crippen molar-refractivity contribution in [3.05, 3.63) is 53.8 Å². The van der Waals surface area contributed by atoms with Gasteiger partial charge in [0.05, 0.1) is 15.1 Å². The molecule has 4 rings (SSSR count). The maximum absolute atomic E-state index is 13.6. The van der Waals surface area contributed by atoms with Crippen LogP contribution in [-0.2, 0) is 14.8 Å². The number of aromatic nitrogens is 1. The molecule has 0 atom stereocenters. The van der Waals surface area contributed by atoms with E-state index in [4.69, 9.17) is 4.98 Å². The van der Waals surface area contributed by atoms with Crippen molar-refractivity contribution < 1.29 is 17.6 Å². The molecule has 0 spiro atoms. The maximum atomic E-state index is 13.6. The highest BCUT2D eigenvalue weighted by Crippen LogP contribution is 2.33. The molecule has 0 N–H and O–H groups in total. The summed E-state index contributed by atoms with van der Waals surface area (Å²) in [4.78, 5) is 22.2. The van der Waals surface area contributed by atoms with Gasteiger partial charge in [-0.05, 0) is 69.8 Å². The molecule has 1 saturated heterocycles. The van der Waals surface area contributed by atoms with Crippen molar-refractivity contribution in [1.29, 1.82) is 0 Å². The molecule has 0 aliphatic carbocycles. The van der Waals surface area contributed by atoms with Gasteiger partial charge in [-0.15, -0.1) is 0 Å². The molecule has 3 aromatic rings. The van der Waals surface area contributed by atoms with E-state index in [1.54, 1.807) is 4.90 Å². The predicted molar refractivity (Wildman–Crippen MR) is 133 cm³/mol. The largest absolute Gasteiger partial charge is 0.308 e. The van der Waals surface area contributed by atoms with Gasteiger partial charge in [0.2, 0.25) is 15.9 Å². The molecule has 0 unspecified atom stereocenters. The Hall–Kier alpha value is -2.40. The SMILES string of the molecule is Cc1cccc2sc(N(CCN(C)C)C(=O)C3CCN(S(=O)(=O)c4ccc(F)cc4)CC3)nc12. The molecule has 0 saturated carbocycles. The highest BCUT2D eigenvalue weighted by Gasteiger charge is 2.35. The summed E-state index contributed by atoms with van der Waals surface area (Å²) in [7, 11) is 0.205. The number of anilines is 1. The molecule has 2 heterocycles. The second-order valence-corrected chi connectivity index (χ2v) is 11.8. The van der Waals surface area contributed by atoms with Crippen LogP contribution in [0.3, 0.4) is 0 Å². The fraction of sp³-hybridized carbons (Fsp3) is 0.417. The quantitative estimate of drug-likeness (QED) is 0.490. The van der Waals surface area contributed by atoms with Crippen LogP contribution in [0.5, 0.6) is 0 Å². The van der Waals surface area contributed by atoms with E-state index >= 15 is 0 Å². The van der Waals surface area contributed by atoms with E-state index in [0.29, 0.717) is 31.1 Å². The molecule has 1 aliphatic heterocycles. The van der Waals surface area contributed by atoms with Crippen LogP contribution in [0.25, 0.3) is 10.2 Å². The zero-order valence-corrected chi connectivity index (χ0v) is 21.2. The first-order chi connectivity index (χ1) is 16.2. The average Bonchev–Trinajstić information content (AvgIpc) is 3.24. The number of hydrogen-bond acceptors (Lipinski definition) is 6. The summed E-state index contributed by atoms with van der Waals surface area (Å²) >= 11 is 1.51. The van der Waals surface area contributed by atoms with Gasteiger partial charge in [-0.25, -0.2) is 17.8 Å². The third-order valence-corrected chi connectivity index (χ3v) is 9.09. The predicted octanol–water partition coefficient (Wildman–Crippen LogP) is 3.74. The number of halogens is 1. The molecule has 1 aromatic heterocycles. The second-order valence-electron chi connectivity index (χ2n) is 8.84. The van der Waals surface area contributed by atoms with Gasteiger partial charge in [0.1, 0.15) is 5.82 Å². The lowest BCUT2D eigenvalue weighted by molar-refractivity contribution is -0.123. The first kappa shape index (κ1) is 24.7. The van der Waals surface area contributed by atoms with Gasteiger partial charge in [0.15, 0.2) is 5.13 Å². The number of thiazole rings is 1. The fourth-order valence-electron chi connectivity index (χ4n) is 4.11. The summed E-state index contributed by atoms with van der Waals surface area (Å²) in [5.41, 5.74) is 1.98. The smallest absolute Gasteiger partial charge is 0.243 e. The Morgan fingerprint density at radius 3 is 2.41 bits per heavy atom. The van der Waals surface area contributed by atoms with Gasteiger partial charge >= 0.3 is 0 Å². The monoisotopic (exact) mass is 504 g/mol. The second kappa shape index (κ2) is 10.1. The minimum absolute atomic E-state index is 0.0163. The number of aryl methyl sites for hydroxylation is 1. The third kappa shape index (κ3) is 5.14. The average molecular weight is 505 g/mol. The molecule has 10 heteroatoms. The molecule has 1 amide bonds. The van der Waals surface area contributed by atoms with E-state index < -0.39 is 15.8 Å². The van der Waals surface area contributed by atoms with Crippen LogP contribution in [0, 0.1) is 18.7 Å². The van der Waals surface area contributed by atoms with E-state index in [-0.39, 0.29) is 29.8 Å². The minimum Gasteiger partial charge on any atom is -0.308 e. The molecule has 1 aliphatic rings. The van der Waals surface area contributed by atoms with Crippen LogP contribution in [0.1, 0.15) is 18.4 Å². The van der Waals surface area contributed by atoms with Gasteiger partial charge < -0.3 is 4.90 Å². The molecule has 34 heavy (non-hydrogen) atoms. The Bertz CT molecular complexity index is 1270. The molecular formula is C24H29FN4O3S2. The summed E-state index contributed by atoms with van der Waals surface area (Å²) in [5, 5.41) is 0.678. The van der Waals surface area contributed by atoms with Crippen molar-refractivity contribution in [1.82, 2.24) is 14.2 Å². The van der Waals surface area contributed by atoms with E-state index in [9.17, 15) is 17.6 Å². The number of benzene rings is 2. The van der Waals surface area contributed by atoms with E-state index in [1.807, 2.05) is 44.1 Å². The number of sulfonamides is 1. The van der Waals surface area contributed by atoms with Gasteiger partial charge in [-0.3, -0.25) is 9.69 Å². The van der Waals surface area contributed by atoms with E-state index in [2.05, 4.69) is 0 Å². The number of amides is 1. The number of likely N-dealkylation sites (N-methyl/N-ethyl adjacent to an activating group) is 1. The van der Waals surface area contributed by atoms with E-state index in [0.717, 1.165) is 27.9 Å². The highest BCUT2D eigenvalue weighted by atomic mass is 32.2. The number of carbonyl (C=O) groups excluding carboxylic acids is 1. The Kier molecular flexibility index (Phi) is 7.32. The van der Waals surface area contributed by atoms with E-state index in [1.165, 1.54) is 27.8 Å². The summed E-state index contributed by atoms with van der Waals surface area (Å²) in [6, 6.07) is 10.9. The summed E-state index contributed by atoms with van der Waals surface area (Å²) in [6.45, 7) is 3.71. The normalized spacial score (nSPS) is 15.8. The van der Waals surface area contributed by atoms with Crippen LogP contribution >= 0.6 is 11.3 Å². The molecule has 1 fully saturated rings. The van der Waals surface area contributed by atoms with Gasteiger partial charge in [-0.2, -0.15) is 4.31 Å². The number of para-hydroxylation sites is 1. The fourth-order valence-corrected chi connectivity index (χ4v) is 6.65. The van der Waals surface area contributed by atoms with Crippen LogP contribution in [0.2, 0.25) is 0 Å². The standard InChI is InChI=1S/C24H29FN4O3S2/c1-17-5-4-6-21-22(17)26-24(33-21)29(16-15-27(2)3)23(30)18-11-13-28(14-12-18)34(31,32)20-9-7-19(25)8-10-20/h4-10,18H,11-16H2,1-3H3. The zero-order chi connectivity index (χ0) is 24.5. The minimum atomic E-state index is -3.72. The Morgan fingerprint density at radius 1 is 1.12 bits per heavy atom. The first-order valence-corrected chi connectivity index (χ1v) is 13.5. The number of nitrogens with zero attached hydrogens (tertiary/aromatic N) is 4. The number of fused-ring (bicyclic) bond motifs is 1. The topological polar surface area (TPSA) is 73.8 Å². The first-order valence-electron chi connectivity index (χ1n) is 11.2. The maximum Gasteiger partial charge on any atom is 0.243 e. The summed E-state index contributed by atoms with van der Waals surface area (Å²) in [6.07, 6.45) is 0.864. The lowest BCUT2D eigenvalue weighted by atomic mass is 9.96. The van der Waals surface area contributed by atoms with Crippen molar-refractivity contribution in [2.75, 3.05) is 45.2 Å². The van der Waals surface area contributed by atoms with Crippen LogP contribution in [0.4, 0.5) is 9.52 Å². The van der Waals surface area contributed by atoms with Crippen molar-refractivity contribution in [3.8, 4) is 0 Å². The Balaban J connectivity index is 1.51. The molecule has 182 valence electrons. The lowest BCUT2D eigenvalue weighted by Crippen LogP contribution is -2.46. The highest BCUT2D eigenvalue weighted by molar-refractivity contribution is 7.89. The van der Waals surface area contributed by atoms with Crippen molar-refractivity contribution in [2.45, 2.75) is 24.7 Å². The van der Waals surface area contributed by atoms with Gasteiger partial charge in [0.25, 0.3) is 0 Å². The Labute approximate surface area is 203 Å². The van der Waals surface area contributed by atoms with Crippen LogP contribution in [0.15, 0.2) is 47.4 Å². The van der Waals surface area contributed by atoms with Crippen LogP contribution < -0.4 is 4.90 Å². The van der Waals surface area contributed by atoms with Crippen molar-refractivity contribution in [3.63, 3.8) is 0 Å². The van der Waals surface area contributed by atoms with Crippen molar-refractivity contribution in [2.24, 2.45) is 5.92 Å². The van der Waals surface area contributed by atoms with Gasteiger partial charge in [-0.1, -0.05) is 23.5 Å². The zero-order valence-electron chi connectivity index (χ0n) is 19.6. The molecule has 0 bridgehead atoms.